The van der Waals surface area contributed by atoms with Crippen molar-refractivity contribution >= 4 is 17.7 Å². The van der Waals surface area contributed by atoms with Crippen LogP contribution >= 0.6 is 0 Å². The third-order valence-electron chi connectivity index (χ3n) is 15.3. The molecule has 0 saturated carbocycles. The summed E-state index contributed by atoms with van der Waals surface area (Å²) >= 11 is 0. The molecule has 3 amide bonds. The lowest BCUT2D eigenvalue weighted by molar-refractivity contribution is -0.397. The molecule has 6 fully saturated rings. The second-order valence-electron chi connectivity index (χ2n) is 21.6. The molecule has 6 saturated heterocycles. The van der Waals surface area contributed by atoms with E-state index in [-0.39, 0.29) is 0 Å². The third kappa shape index (κ3) is 16.6. The van der Waals surface area contributed by atoms with Crippen LogP contribution in [-0.2, 0) is 71.2 Å². The van der Waals surface area contributed by atoms with Gasteiger partial charge >= 0.3 is 0 Å². The quantitative estimate of drug-likeness (QED) is 0.0404. The molecule has 6 rings (SSSR count). The van der Waals surface area contributed by atoms with Gasteiger partial charge in [-0.05, 0) is 6.92 Å². The monoisotopic (exact) mass is 1260 g/mol. The molecule has 6 aliphatic rings. The van der Waals surface area contributed by atoms with Crippen LogP contribution in [0.15, 0.2) is 0 Å². The molecule has 86 heavy (non-hydrogen) atoms. The fraction of sp³-hybridized carbons (Fsp3) is 0.938. The number of rotatable bonds is 25. The molecule has 6 unspecified atom stereocenters. The molecule has 6 heterocycles. The maximum absolute atomic E-state index is 12.9. The van der Waals surface area contributed by atoms with Crippen molar-refractivity contribution in [3.05, 3.63) is 0 Å². The Bertz CT molecular complexity index is 2110. The van der Waals surface area contributed by atoms with Crippen molar-refractivity contribution in [1.82, 2.24) is 16.0 Å². The molecule has 34 atom stereocenters. The summed E-state index contributed by atoms with van der Waals surface area (Å²) in [4.78, 5) is 37.6. The van der Waals surface area contributed by atoms with Gasteiger partial charge in [0.25, 0.3) is 0 Å². The van der Waals surface area contributed by atoms with Crippen molar-refractivity contribution in [2.45, 2.75) is 236 Å². The van der Waals surface area contributed by atoms with Crippen LogP contribution in [0, 0.1) is 0 Å². The summed E-state index contributed by atoms with van der Waals surface area (Å²) in [6.45, 7) is -2.97. The minimum absolute atomic E-state index is 0.812. The Labute approximate surface area is 488 Å². The molecule has 0 bridgehead atoms. The van der Waals surface area contributed by atoms with E-state index in [4.69, 9.17) is 56.8 Å². The van der Waals surface area contributed by atoms with Gasteiger partial charge < -0.3 is 175 Å². The molecular formula is C48H83N3O35. The number of hydrogen-bond donors (Lipinski definition) is 23. The van der Waals surface area contributed by atoms with E-state index >= 15 is 0 Å². The van der Waals surface area contributed by atoms with Gasteiger partial charge in [0.2, 0.25) is 17.7 Å². The van der Waals surface area contributed by atoms with E-state index in [2.05, 4.69) is 16.0 Å². The molecule has 38 heteroatoms. The van der Waals surface area contributed by atoms with Gasteiger partial charge in [-0.1, -0.05) is 0 Å². The Morgan fingerprint density at radius 2 is 0.860 bits per heavy atom. The minimum Gasteiger partial charge on any atom is -0.394 e. The highest BCUT2D eigenvalue weighted by Crippen LogP contribution is 2.38. The van der Waals surface area contributed by atoms with Crippen molar-refractivity contribution in [2.24, 2.45) is 0 Å². The topological polar surface area (TPSA) is 603 Å². The van der Waals surface area contributed by atoms with E-state index in [1.807, 2.05) is 0 Å². The highest BCUT2D eigenvalue weighted by Gasteiger charge is 2.58. The van der Waals surface area contributed by atoms with Gasteiger partial charge in [0.05, 0.1) is 58.4 Å². The largest absolute Gasteiger partial charge is 0.394 e. The molecule has 0 aromatic carbocycles. The zero-order valence-corrected chi connectivity index (χ0v) is 46.6. The number of carbonyl (C=O) groups excluding carboxylic acids is 3. The van der Waals surface area contributed by atoms with E-state index < -0.39 is 272 Å². The summed E-state index contributed by atoms with van der Waals surface area (Å²) in [6, 6.07) is -5.41. The van der Waals surface area contributed by atoms with Crippen LogP contribution in [0.2, 0.25) is 0 Å². The molecule has 38 nitrogen and oxygen atoms in total. The van der Waals surface area contributed by atoms with E-state index in [1.165, 1.54) is 6.92 Å². The van der Waals surface area contributed by atoms with Crippen LogP contribution in [0.5, 0.6) is 0 Å². The number of aliphatic hydroxyl groups excluding tert-OH is 20. The number of ether oxygens (including phenoxy) is 12. The first-order chi connectivity index (χ1) is 40.5. The SMILES string of the molecule is CC(=O)N[C@@H](CO)[C@@H](O)[C@H](OC1O[C@H](CO)[C@@H](OC2O[C@H](COC3O[C@H](CO)[C@@H](O)[C@H](O)[C@@H]3O)[C@@H](OC3O[C@H](CO)[C@@H](O)[C@H](O)[C@H]3NC(C)=O)[C@H](OC3O[C@H](CO)[C@@H](O)[C@H](O)[C@@H]3O)[C@@H]2O)[C@H](O)[C@H]1NC(C)=O)[C@H](O)COC1O[C@@H](C)[C@@H](O)[C@@H](O)[C@@H]1O. The first-order valence-electron chi connectivity index (χ1n) is 27.4. The first-order valence-corrected chi connectivity index (χ1v) is 27.4. The Morgan fingerprint density at radius 1 is 0.430 bits per heavy atom. The number of nitrogens with one attached hydrogen (secondary N) is 3. The van der Waals surface area contributed by atoms with Crippen molar-refractivity contribution in [1.29, 1.82) is 0 Å². The predicted octanol–water partition coefficient (Wildman–Crippen LogP) is -15.2. The maximum atomic E-state index is 12.9. The summed E-state index contributed by atoms with van der Waals surface area (Å²) in [5, 5.41) is 224. The normalized spacial score (nSPS) is 45.5. The third-order valence-corrected chi connectivity index (χ3v) is 15.3. The Kier molecular flexibility index (Phi) is 26.8. The summed E-state index contributed by atoms with van der Waals surface area (Å²) in [6.07, 6.45) is -61.8. The second-order valence-corrected chi connectivity index (χ2v) is 21.6. The van der Waals surface area contributed by atoms with Crippen LogP contribution in [0.25, 0.3) is 0 Å². The zero-order valence-electron chi connectivity index (χ0n) is 46.6. The van der Waals surface area contributed by atoms with Gasteiger partial charge in [-0.2, -0.15) is 0 Å². The fourth-order valence-corrected chi connectivity index (χ4v) is 10.5. The molecule has 0 spiro atoms. The van der Waals surface area contributed by atoms with Gasteiger partial charge in [0, 0.05) is 20.8 Å². The van der Waals surface area contributed by atoms with Gasteiger partial charge in [0.1, 0.15) is 159 Å². The molecule has 0 aromatic rings. The number of aliphatic hydroxyl groups is 20. The lowest BCUT2D eigenvalue weighted by Crippen LogP contribution is -2.70. The summed E-state index contributed by atoms with van der Waals surface area (Å²) in [5.74, 6) is -2.62. The summed E-state index contributed by atoms with van der Waals surface area (Å²) < 4.78 is 70.4. The molecule has 0 aromatic heterocycles. The number of carbonyl (C=O) groups is 3. The van der Waals surface area contributed by atoms with Crippen LogP contribution in [-0.4, -0.2) is 375 Å². The first kappa shape index (κ1) is 72.2. The highest BCUT2D eigenvalue weighted by atomic mass is 16.8. The average Bonchev–Trinajstić information content (AvgIpc) is 1.93. The van der Waals surface area contributed by atoms with Crippen LogP contribution in [0.4, 0.5) is 0 Å². The van der Waals surface area contributed by atoms with Gasteiger partial charge in [0.15, 0.2) is 37.7 Å². The minimum atomic E-state index is -2.46. The van der Waals surface area contributed by atoms with E-state index in [0.29, 0.717) is 0 Å². The molecule has 500 valence electrons. The van der Waals surface area contributed by atoms with E-state index in [1.54, 1.807) is 0 Å². The van der Waals surface area contributed by atoms with Crippen LogP contribution in [0.1, 0.15) is 27.7 Å². The fourth-order valence-electron chi connectivity index (χ4n) is 10.5. The maximum Gasteiger partial charge on any atom is 0.217 e. The standard InChI is InChI=1S/C48H83N3O35/c1-12-25(61)32(68)35(71)45(77-12)75-10-17(60)39(26(62)16(5-52)49-13(2)57)83-44-24(51-15(4)59)31(67)40(21(9-56)81-44)84-48-38(74)42(86-47-37(73)34(70)29(65)20(8-55)80-47)41(85-43-23(50-14(3)58)30(66)27(63)18(6-53)78-43)22(82-48)11-76-46-36(72)33(69)28(64)19(7-54)79-46/h12,16-48,52-56,60-74H,5-11H2,1-4H3,(H,49,57)(H,50,58)(H,51,59)/t12-,16-,17+,18+,19+,20+,21+,22+,23+,24+,25+,26+,27+,28+,29+,30+,31+,32+,33-,34-,35-,36-,37-,38-,39+,40+,41+,42+,43?,44?,45?,46?,47?,48?/m0/s1. The van der Waals surface area contributed by atoms with E-state index in [9.17, 15) is 117 Å². The summed E-state index contributed by atoms with van der Waals surface area (Å²) in [7, 11) is 0. The van der Waals surface area contributed by atoms with Gasteiger partial charge in [-0.25, -0.2) is 0 Å². The van der Waals surface area contributed by atoms with Gasteiger partial charge in [-0.3, -0.25) is 14.4 Å². The van der Waals surface area contributed by atoms with Crippen molar-refractivity contribution in [3.63, 3.8) is 0 Å². The summed E-state index contributed by atoms with van der Waals surface area (Å²) in [5.41, 5.74) is 0. The smallest absolute Gasteiger partial charge is 0.217 e. The molecule has 0 aliphatic carbocycles. The zero-order chi connectivity index (χ0) is 63.9. The van der Waals surface area contributed by atoms with Crippen molar-refractivity contribution in [3.8, 4) is 0 Å². The Hall–Kier alpha value is -2.87. The second kappa shape index (κ2) is 31.9. The predicted molar refractivity (Wildman–Crippen MR) is 267 cm³/mol. The van der Waals surface area contributed by atoms with Crippen molar-refractivity contribution < 1.29 is 173 Å². The number of amides is 3. The van der Waals surface area contributed by atoms with Crippen LogP contribution < -0.4 is 16.0 Å². The lowest BCUT2D eigenvalue weighted by atomic mass is 9.94. The highest BCUT2D eigenvalue weighted by molar-refractivity contribution is 5.74. The Balaban J connectivity index is 1.39. The molecular weight excluding hydrogens is 1180 g/mol. The lowest BCUT2D eigenvalue weighted by Gasteiger charge is -2.51. The molecule has 6 aliphatic heterocycles. The average molecular weight is 1260 g/mol. The molecule has 23 N–H and O–H groups in total. The van der Waals surface area contributed by atoms with Crippen molar-refractivity contribution in [2.75, 3.05) is 46.2 Å². The van der Waals surface area contributed by atoms with Gasteiger partial charge in [-0.15, -0.1) is 0 Å². The Morgan fingerprint density at radius 3 is 1.38 bits per heavy atom. The number of hydrogen-bond acceptors (Lipinski definition) is 35. The van der Waals surface area contributed by atoms with E-state index in [0.717, 1.165) is 20.8 Å². The molecule has 0 radical (unpaired) electrons. The van der Waals surface area contributed by atoms with Crippen LogP contribution in [0.3, 0.4) is 0 Å².